The van der Waals surface area contributed by atoms with E-state index in [-0.39, 0.29) is 18.1 Å². The van der Waals surface area contributed by atoms with Crippen molar-refractivity contribution >= 4 is 21.9 Å². The van der Waals surface area contributed by atoms with Crippen LogP contribution in [0.25, 0.3) is 0 Å². The molecule has 1 saturated carbocycles. The Bertz CT molecular complexity index is 879. The number of hydrogen-bond acceptors (Lipinski definition) is 9. The third kappa shape index (κ3) is 3.36. The standard InChI is InChI=1S/C24H35BrN2O7/c1-13-5-6-16-14(2)19(30-22-24(16)15(13)7-8-23(3,32-22)33-34-24)27-11-9-26(10-12-27)18-17(25)20(28)31-21(18)29-4/h13-16,19,21-22H,5-12H2,1-4H3/t13-,14-,15+,16+,19-,21?,22-,23-,24-/m1/s1. The molecule has 6 aliphatic heterocycles. The summed E-state index contributed by atoms with van der Waals surface area (Å²) in [7, 11) is 1.55. The molecule has 7 rings (SSSR count). The molecule has 5 saturated heterocycles. The topological polar surface area (TPSA) is 78.9 Å². The van der Waals surface area contributed by atoms with Gasteiger partial charge in [0, 0.05) is 51.5 Å². The first-order valence-corrected chi connectivity index (χ1v) is 13.4. The van der Waals surface area contributed by atoms with Gasteiger partial charge in [0.05, 0.1) is 0 Å². The molecule has 0 radical (unpaired) electrons. The van der Waals surface area contributed by atoms with Gasteiger partial charge in [0.1, 0.15) is 16.4 Å². The fourth-order valence-corrected chi connectivity index (χ4v) is 7.91. The van der Waals surface area contributed by atoms with Crippen molar-refractivity contribution < 1.29 is 33.5 Å². The summed E-state index contributed by atoms with van der Waals surface area (Å²) in [6.07, 6.45) is 3.00. The van der Waals surface area contributed by atoms with Gasteiger partial charge in [-0.2, -0.15) is 0 Å². The lowest BCUT2D eigenvalue weighted by molar-refractivity contribution is -0.574. The van der Waals surface area contributed by atoms with E-state index in [9.17, 15) is 4.79 Å². The first-order valence-electron chi connectivity index (χ1n) is 12.6. The molecule has 0 aromatic heterocycles. The van der Waals surface area contributed by atoms with Crippen LogP contribution in [0.15, 0.2) is 10.2 Å². The van der Waals surface area contributed by atoms with Crippen molar-refractivity contribution in [2.45, 2.75) is 76.7 Å². The van der Waals surface area contributed by atoms with Gasteiger partial charge in [-0.3, -0.25) is 4.90 Å². The average Bonchev–Trinajstić information content (AvgIpc) is 2.95. The van der Waals surface area contributed by atoms with Crippen molar-refractivity contribution in [2.24, 2.45) is 23.7 Å². The van der Waals surface area contributed by atoms with Crippen molar-refractivity contribution in [3.63, 3.8) is 0 Å². The number of ether oxygens (including phenoxy) is 4. The van der Waals surface area contributed by atoms with Crippen LogP contribution in [0.2, 0.25) is 0 Å². The summed E-state index contributed by atoms with van der Waals surface area (Å²) in [6, 6.07) is 0. The normalized spacial score (nSPS) is 49.1. The smallest absolute Gasteiger partial charge is 0.349 e. The Morgan fingerprint density at radius 2 is 1.82 bits per heavy atom. The highest BCUT2D eigenvalue weighted by Crippen LogP contribution is 2.60. The number of cyclic esters (lactones) is 1. The summed E-state index contributed by atoms with van der Waals surface area (Å²) >= 11 is 3.39. The molecular formula is C24H35BrN2O7. The molecule has 0 amide bonds. The van der Waals surface area contributed by atoms with Crippen LogP contribution in [0.4, 0.5) is 0 Å². The van der Waals surface area contributed by atoms with Gasteiger partial charge in [-0.15, -0.1) is 0 Å². The van der Waals surface area contributed by atoms with Gasteiger partial charge in [0.2, 0.25) is 12.1 Å². The van der Waals surface area contributed by atoms with Crippen LogP contribution in [0.5, 0.6) is 0 Å². The monoisotopic (exact) mass is 542 g/mol. The van der Waals surface area contributed by atoms with Gasteiger partial charge < -0.3 is 23.8 Å². The number of halogens is 1. The van der Waals surface area contributed by atoms with E-state index in [1.54, 1.807) is 7.11 Å². The van der Waals surface area contributed by atoms with Gasteiger partial charge >= 0.3 is 5.97 Å². The molecule has 2 bridgehead atoms. The van der Waals surface area contributed by atoms with Crippen molar-refractivity contribution in [2.75, 3.05) is 33.3 Å². The Kier molecular flexibility index (Phi) is 5.84. The zero-order chi connectivity index (χ0) is 23.8. The van der Waals surface area contributed by atoms with E-state index < -0.39 is 24.0 Å². The lowest BCUT2D eigenvalue weighted by Gasteiger charge is -2.61. The number of nitrogens with zero attached hydrogens (tertiary/aromatic N) is 2. The van der Waals surface area contributed by atoms with Gasteiger partial charge in [0.25, 0.3) is 0 Å². The number of methoxy groups -OCH3 is 1. The minimum absolute atomic E-state index is 0.0551. The maximum Gasteiger partial charge on any atom is 0.349 e. The van der Waals surface area contributed by atoms with Crippen molar-refractivity contribution in [1.29, 1.82) is 0 Å². The second-order valence-corrected chi connectivity index (χ2v) is 11.8. The lowest BCUT2D eigenvalue weighted by atomic mass is 9.58. The summed E-state index contributed by atoms with van der Waals surface area (Å²) in [5, 5.41) is 0. The van der Waals surface area contributed by atoms with E-state index in [0.29, 0.717) is 22.2 Å². The molecular weight excluding hydrogens is 508 g/mol. The second kappa shape index (κ2) is 8.39. The maximum atomic E-state index is 12.0. The molecule has 9 nitrogen and oxygen atoms in total. The van der Waals surface area contributed by atoms with Crippen LogP contribution in [-0.2, 0) is 33.5 Å². The Hall–Kier alpha value is -0.750. The number of piperazine rings is 1. The van der Waals surface area contributed by atoms with E-state index >= 15 is 0 Å². The predicted molar refractivity (Wildman–Crippen MR) is 123 cm³/mol. The number of carbonyl (C=O) groups excluding carboxylic acids is 1. The first kappa shape index (κ1) is 23.6. The van der Waals surface area contributed by atoms with Gasteiger partial charge in [-0.1, -0.05) is 13.8 Å². The highest BCUT2D eigenvalue weighted by atomic mass is 79.9. The fraction of sp³-hybridized carbons (Fsp3) is 0.875. The minimum atomic E-state index is -0.760. The highest BCUT2D eigenvalue weighted by molar-refractivity contribution is 9.12. The van der Waals surface area contributed by atoms with Gasteiger partial charge in [-0.25, -0.2) is 14.6 Å². The van der Waals surface area contributed by atoms with Crippen molar-refractivity contribution in [3.05, 3.63) is 10.2 Å². The molecule has 6 fully saturated rings. The Morgan fingerprint density at radius 3 is 2.56 bits per heavy atom. The molecule has 0 N–H and O–H groups in total. The quantitative estimate of drug-likeness (QED) is 0.395. The van der Waals surface area contributed by atoms with Crippen LogP contribution in [0.3, 0.4) is 0 Å². The molecule has 10 heteroatoms. The average molecular weight is 543 g/mol. The Morgan fingerprint density at radius 1 is 1.06 bits per heavy atom. The van der Waals surface area contributed by atoms with Crippen molar-refractivity contribution in [3.8, 4) is 0 Å². The molecule has 0 aromatic carbocycles. The van der Waals surface area contributed by atoms with E-state index in [2.05, 4.69) is 39.6 Å². The van der Waals surface area contributed by atoms with Crippen molar-refractivity contribution in [1.82, 2.24) is 9.80 Å². The van der Waals surface area contributed by atoms with Gasteiger partial charge in [-0.05, 0) is 54.0 Å². The SMILES string of the molecule is COC1OC(=O)C(Br)=C1N1CCN([C@@H]2O[C@@H]3O[C@@]4(C)CC[C@H]5[C@H](C)CC[C@@H]([C@H]2C)[C@@]35OO4)CC1. The summed E-state index contributed by atoms with van der Waals surface area (Å²) in [4.78, 5) is 28.8. The van der Waals surface area contributed by atoms with E-state index in [0.717, 1.165) is 51.1 Å². The molecule has 0 aromatic rings. The third-order valence-electron chi connectivity index (χ3n) is 9.19. The second-order valence-electron chi connectivity index (χ2n) is 11.0. The zero-order valence-electron chi connectivity index (χ0n) is 20.3. The fourth-order valence-electron chi connectivity index (χ4n) is 7.38. The Balaban J connectivity index is 1.22. The lowest BCUT2D eigenvalue weighted by Crippen LogP contribution is -2.72. The van der Waals surface area contributed by atoms with Crippen LogP contribution < -0.4 is 0 Å². The van der Waals surface area contributed by atoms with Crippen LogP contribution in [0.1, 0.15) is 46.5 Å². The first-order chi connectivity index (χ1) is 16.3. The summed E-state index contributed by atoms with van der Waals surface area (Å²) < 4.78 is 24.5. The van der Waals surface area contributed by atoms with E-state index in [1.165, 1.54) is 6.42 Å². The van der Waals surface area contributed by atoms with E-state index in [1.807, 2.05) is 6.92 Å². The molecule has 1 aliphatic carbocycles. The van der Waals surface area contributed by atoms with Crippen LogP contribution in [0, 0.1) is 23.7 Å². The molecule has 1 spiro atoms. The maximum absolute atomic E-state index is 12.0. The molecule has 34 heavy (non-hydrogen) atoms. The van der Waals surface area contributed by atoms with Crippen LogP contribution in [-0.4, -0.2) is 79.3 Å². The predicted octanol–water partition coefficient (Wildman–Crippen LogP) is 2.95. The van der Waals surface area contributed by atoms with Gasteiger partial charge in [0.15, 0.2) is 11.9 Å². The summed E-state index contributed by atoms with van der Waals surface area (Å²) in [5.74, 6) is 0.381. The highest BCUT2D eigenvalue weighted by Gasteiger charge is 2.69. The zero-order valence-corrected chi connectivity index (χ0v) is 21.9. The number of fused-ring (bicyclic) bond motifs is 2. The largest absolute Gasteiger partial charge is 0.426 e. The molecule has 9 atom stereocenters. The molecule has 190 valence electrons. The molecule has 6 heterocycles. The third-order valence-corrected chi connectivity index (χ3v) is 9.92. The summed E-state index contributed by atoms with van der Waals surface area (Å²) in [5.41, 5.74) is 0.240. The molecule has 1 unspecified atom stereocenters. The number of hydrogen-bond donors (Lipinski definition) is 0. The number of carbonyl (C=O) groups is 1. The minimum Gasteiger partial charge on any atom is -0.426 e. The van der Waals surface area contributed by atoms with E-state index in [4.69, 9.17) is 28.7 Å². The number of rotatable bonds is 3. The number of esters is 1. The van der Waals surface area contributed by atoms with Crippen LogP contribution >= 0.6 is 15.9 Å². The molecule has 7 aliphatic rings. The Labute approximate surface area is 209 Å². The summed E-state index contributed by atoms with van der Waals surface area (Å²) in [6.45, 7) is 9.73.